The minimum atomic E-state index is -2.94. The lowest BCUT2D eigenvalue weighted by atomic mass is 9.74. The van der Waals surface area contributed by atoms with Crippen molar-refractivity contribution in [3.05, 3.63) is 70.5 Å². The van der Waals surface area contributed by atoms with E-state index in [9.17, 15) is 22.0 Å². The lowest BCUT2D eigenvalue weighted by molar-refractivity contribution is 0.120. The van der Waals surface area contributed by atoms with Crippen LogP contribution in [-0.4, -0.2) is 19.2 Å². The quantitative estimate of drug-likeness (QED) is 0.412. The van der Waals surface area contributed by atoms with Crippen molar-refractivity contribution in [2.45, 2.75) is 45.2 Å². The fraction of sp³-hybridized carbons (Fsp3) is 0.455. The maximum atomic E-state index is 14.9. The zero-order valence-electron chi connectivity index (χ0n) is 15.8. The van der Waals surface area contributed by atoms with Crippen molar-refractivity contribution in [3.63, 3.8) is 0 Å². The summed E-state index contributed by atoms with van der Waals surface area (Å²) in [6.45, 7) is 3.33. The SMILES string of the molecule is CCOC1=C(C(F)F)C(F)C(C2C=CC(c3ccc(C)c(F)c3F)CC2)C=C1. The number of aryl methyl sites for hydroxylation is 1. The molecule has 1 nitrogen and oxygen atoms in total. The second-order valence-electron chi connectivity index (χ2n) is 7.22. The van der Waals surface area contributed by atoms with Crippen LogP contribution in [0, 0.1) is 30.4 Å². The smallest absolute Gasteiger partial charge is 0.266 e. The Morgan fingerprint density at radius 1 is 1.07 bits per heavy atom. The van der Waals surface area contributed by atoms with Crippen molar-refractivity contribution < 1.29 is 26.7 Å². The van der Waals surface area contributed by atoms with Crippen LogP contribution in [0.25, 0.3) is 0 Å². The molecule has 2 aliphatic carbocycles. The molecular formula is C22H23F5O. The molecule has 0 radical (unpaired) electrons. The maximum Gasteiger partial charge on any atom is 0.266 e. The topological polar surface area (TPSA) is 9.23 Å². The second kappa shape index (κ2) is 8.50. The number of hydrogen-bond acceptors (Lipinski definition) is 1. The van der Waals surface area contributed by atoms with E-state index >= 15 is 0 Å². The van der Waals surface area contributed by atoms with Gasteiger partial charge in [0.15, 0.2) is 11.6 Å². The fourth-order valence-electron chi connectivity index (χ4n) is 3.98. The summed E-state index contributed by atoms with van der Waals surface area (Å²) in [6, 6.07) is 3.09. The summed E-state index contributed by atoms with van der Waals surface area (Å²) in [5.41, 5.74) is -0.111. The number of ether oxygens (including phenoxy) is 1. The van der Waals surface area contributed by atoms with E-state index in [4.69, 9.17) is 4.74 Å². The van der Waals surface area contributed by atoms with Gasteiger partial charge in [-0.15, -0.1) is 0 Å². The summed E-state index contributed by atoms with van der Waals surface area (Å²) in [6.07, 6.45) is 2.66. The van der Waals surface area contributed by atoms with Gasteiger partial charge in [0.25, 0.3) is 6.43 Å². The van der Waals surface area contributed by atoms with Crippen LogP contribution >= 0.6 is 0 Å². The Balaban J connectivity index is 1.79. The molecular weight excluding hydrogens is 375 g/mol. The summed E-state index contributed by atoms with van der Waals surface area (Å²) >= 11 is 0. The Hall–Kier alpha value is -2.11. The van der Waals surface area contributed by atoms with Gasteiger partial charge in [0, 0.05) is 11.8 Å². The fourth-order valence-corrected chi connectivity index (χ4v) is 3.98. The van der Waals surface area contributed by atoms with E-state index in [0.29, 0.717) is 12.8 Å². The van der Waals surface area contributed by atoms with Gasteiger partial charge >= 0.3 is 0 Å². The first-order valence-corrected chi connectivity index (χ1v) is 9.45. The van der Waals surface area contributed by atoms with Gasteiger partial charge in [-0.1, -0.05) is 30.4 Å². The first-order valence-electron chi connectivity index (χ1n) is 9.45. The van der Waals surface area contributed by atoms with Crippen molar-refractivity contribution >= 4 is 0 Å². The van der Waals surface area contributed by atoms with Crippen LogP contribution in [0.1, 0.15) is 36.8 Å². The summed E-state index contributed by atoms with van der Waals surface area (Å²) in [5, 5.41) is 0. The standard InChI is InChI=1S/C22H23F5O/c1-3-28-17-11-10-15(20(24)18(17)22(26)27)13-5-7-14(8-6-13)16-9-4-12(2)19(23)21(16)25/h4-5,7,9-11,13-15,20,22H,3,6,8H2,1-2H3. The molecule has 28 heavy (non-hydrogen) atoms. The Labute approximate surface area is 161 Å². The molecule has 1 aromatic carbocycles. The molecule has 0 amide bonds. The van der Waals surface area contributed by atoms with E-state index in [1.807, 2.05) is 0 Å². The monoisotopic (exact) mass is 398 g/mol. The molecule has 0 fully saturated rings. The van der Waals surface area contributed by atoms with Gasteiger partial charge in [0.2, 0.25) is 0 Å². The lowest BCUT2D eigenvalue weighted by Crippen LogP contribution is -2.31. The van der Waals surface area contributed by atoms with Gasteiger partial charge in [-0.05, 0) is 49.8 Å². The molecule has 0 N–H and O–H groups in total. The number of benzene rings is 1. The zero-order valence-corrected chi connectivity index (χ0v) is 15.8. The first-order chi connectivity index (χ1) is 13.3. The Bertz CT molecular complexity index is 811. The highest BCUT2D eigenvalue weighted by Gasteiger charge is 2.38. The Morgan fingerprint density at radius 3 is 2.43 bits per heavy atom. The number of halogens is 5. The molecule has 1 aromatic rings. The molecule has 3 rings (SSSR count). The zero-order chi connectivity index (χ0) is 20.4. The summed E-state index contributed by atoms with van der Waals surface area (Å²) in [4.78, 5) is 0. The van der Waals surface area contributed by atoms with E-state index in [1.165, 1.54) is 19.1 Å². The van der Waals surface area contributed by atoms with Crippen LogP contribution in [0.5, 0.6) is 0 Å². The summed E-state index contributed by atoms with van der Waals surface area (Å²) in [7, 11) is 0. The van der Waals surface area contributed by atoms with Crippen LogP contribution < -0.4 is 0 Å². The highest BCUT2D eigenvalue weighted by atomic mass is 19.3. The molecule has 0 spiro atoms. The van der Waals surface area contributed by atoms with Crippen LogP contribution in [0.3, 0.4) is 0 Å². The molecule has 152 valence electrons. The van der Waals surface area contributed by atoms with Crippen molar-refractivity contribution in [3.8, 4) is 0 Å². The van der Waals surface area contributed by atoms with Crippen LogP contribution in [0.4, 0.5) is 22.0 Å². The first kappa shape index (κ1) is 20.6. The summed E-state index contributed by atoms with van der Waals surface area (Å²) in [5.74, 6) is -3.17. The van der Waals surface area contributed by atoms with Gasteiger partial charge in [-0.2, -0.15) is 0 Å². The number of rotatable bonds is 5. The molecule has 4 atom stereocenters. The predicted octanol–water partition coefficient (Wildman–Crippen LogP) is 6.40. The van der Waals surface area contributed by atoms with Crippen molar-refractivity contribution in [2.24, 2.45) is 11.8 Å². The van der Waals surface area contributed by atoms with E-state index in [2.05, 4.69) is 0 Å². The lowest BCUT2D eigenvalue weighted by Gasteiger charge is -2.33. The third-order valence-electron chi connectivity index (χ3n) is 5.53. The van der Waals surface area contributed by atoms with Gasteiger partial charge in [-0.3, -0.25) is 0 Å². The van der Waals surface area contributed by atoms with Gasteiger partial charge < -0.3 is 4.74 Å². The van der Waals surface area contributed by atoms with E-state index < -0.39 is 35.7 Å². The number of allylic oxidation sites excluding steroid dienone is 5. The maximum absolute atomic E-state index is 14.9. The number of hydrogen-bond donors (Lipinski definition) is 0. The van der Waals surface area contributed by atoms with Gasteiger partial charge in [0.05, 0.1) is 12.2 Å². The number of alkyl halides is 3. The predicted molar refractivity (Wildman–Crippen MR) is 97.9 cm³/mol. The Kier molecular flexibility index (Phi) is 6.26. The van der Waals surface area contributed by atoms with Crippen LogP contribution in [0.15, 0.2) is 47.8 Å². The molecule has 0 saturated carbocycles. The second-order valence-corrected chi connectivity index (χ2v) is 7.22. The molecule has 0 saturated heterocycles. The molecule has 4 unspecified atom stereocenters. The minimum absolute atomic E-state index is 0.101. The third kappa shape index (κ3) is 3.87. The molecule has 0 aliphatic heterocycles. The highest BCUT2D eigenvalue weighted by molar-refractivity contribution is 5.35. The minimum Gasteiger partial charge on any atom is -0.494 e. The molecule has 2 aliphatic rings. The Morgan fingerprint density at radius 2 is 1.82 bits per heavy atom. The van der Waals surface area contributed by atoms with E-state index in [-0.39, 0.29) is 35.3 Å². The van der Waals surface area contributed by atoms with E-state index in [0.717, 1.165) is 0 Å². The normalized spacial score (nSPS) is 27.6. The molecule has 0 aromatic heterocycles. The van der Waals surface area contributed by atoms with Crippen LogP contribution in [0.2, 0.25) is 0 Å². The third-order valence-corrected chi connectivity index (χ3v) is 5.53. The largest absolute Gasteiger partial charge is 0.494 e. The van der Waals surface area contributed by atoms with Crippen molar-refractivity contribution in [2.75, 3.05) is 6.61 Å². The van der Waals surface area contributed by atoms with E-state index in [1.54, 1.807) is 31.2 Å². The van der Waals surface area contributed by atoms with Gasteiger partial charge in [-0.25, -0.2) is 22.0 Å². The average Bonchev–Trinajstić information content (AvgIpc) is 2.67. The highest BCUT2D eigenvalue weighted by Crippen LogP contribution is 2.41. The van der Waals surface area contributed by atoms with Gasteiger partial charge in [0.1, 0.15) is 11.9 Å². The van der Waals surface area contributed by atoms with Crippen molar-refractivity contribution in [1.29, 1.82) is 0 Å². The average molecular weight is 398 g/mol. The molecule has 0 bridgehead atoms. The van der Waals surface area contributed by atoms with Crippen molar-refractivity contribution in [1.82, 2.24) is 0 Å². The molecule has 6 heteroatoms. The molecule has 0 heterocycles. The van der Waals surface area contributed by atoms with Crippen LogP contribution in [-0.2, 0) is 4.74 Å². The summed E-state index contributed by atoms with van der Waals surface area (Å²) < 4.78 is 74.9.